The van der Waals surface area contributed by atoms with E-state index in [2.05, 4.69) is 29.9 Å². The van der Waals surface area contributed by atoms with Crippen LogP contribution in [0.1, 0.15) is 62.6 Å². The minimum Gasteiger partial charge on any atom is -0.340 e. The van der Waals surface area contributed by atoms with Crippen molar-refractivity contribution >= 4 is 5.95 Å². The molecule has 0 bridgehead atoms. The van der Waals surface area contributed by atoms with Crippen LogP contribution in [-0.4, -0.2) is 29.6 Å². The van der Waals surface area contributed by atoms with Gasteiger partial charge < -0.3 is 10.6 Å². The molecule has 3 atom stereocenters. The van der Waals surface area contributed by atoms with Crippen molar-refractivity contribution in [1.29, 1.82) is 0 Å². The van der Waals surface area contributed by atoms with Crippen LogP contribution in [-0.2, 0) is 0 Å². The minimum atomic E-state index is 0.568. The Kier molecular flexibility index (Phi) is 3.92. The molecule has 1 fully saturated rings. The molecule has 2 heterocycles. The zero-order chi connectivity index (χ0) is 14.1. The summed E-state index contributed by atoms with van der Waals surface area (Å²) in [6, 6.07) is 0. The summed E-state index contributed by atoms with van der Waals surface area (Å²) in [6.07, 6.45) is 7.02. The summed E-state index contributed by atoms with van der Waals surface area (Å²) in [7, 11) is 0. The van der Waals surface area contributed by atoms with Gasteiger partial charge in [-0.2, -0.15) is 0 Å². The molecule has 1 aliphatic heterocycles. The first kappa shape index (κ1) is 13.8. The number of nitrogens with two attached hydrogens (primary N) is 1. The van der Waals surface area contributed by atoms with Crippen molar-refractivity contribution in [3.8, 4) is 0 Å². The fraction of sp³-hybridized carbons (Fsp3) is 0.750. The molecule has 20 heavy (non-hydrogen) atoms. The Hall–Kier alpha value is -1.16. The second-order valence-corrected chi connectivity index (χ2v) is 6.58. The number of aromatic nitrogens is 2. The van der Waals surface area contributed by atoms with Gasteiger partial charge >= 0.3 is 0 Å². The number of fused-ring (bicyclic) bond motifs is 1. The first-order valence-electron chi connectivity index (χ1n) is 8.01. The molecule has 3 rings (SSSR count). The molecule has 0 amide bonds. The van der Waals surface area contributed by atoms with Crippen molar-refractivity contribution in [3.05, 3.63) is 17.5 Å². The van der Waals surface area contributed by atoms with Gasteiger partial charge in [0.15, 0.2) is 0 Å². The van der Waals surface area contributed by atoms with Gasteiger partial charge in [-0.25, -0.2) is 9.97 Å². The minimum absolute atomic E-state index is 0.568. The fourth-order valence-electron chi connectivity index (χ4n) is 3.55. The lowest BCUT2D eigenvalue weighted by Crippen LogP contribution is -2.39. The highest BCUT2D eigenvalue weighted by molar-refractivity contribution is 5.37. The monoisotopic (exact) mass is 274 g/mol. The number of hydrogen-bond donors (Lipinski definition) is 1. The molecule has 110 valence electrons. The van der Waals surface area contributed by atoms with Crippen LogP contribution in [0.2, 0.25) is 0 Å². The van der Waals surface area contributed by atoms with Crippen LogP contribution in [0.15, 0.2) is 6.20 Å². The zero-order valence-electron chi connectivity index (χ0n) is 12.7. The highest BCUT2D eigenvalue weighted by Crippen LogP contribution is 2.37. The normalized spacial score (nSPS) is 30.1. The van der Waals surface area contributed by atoms with Gasteiger partial charge in [0.05, 0.1) is 5.69 Å². The van der Waals surface area contributed by atoms with Crippen LogP contribution in [0.4, 0.5) is 5.95 Å². The van der Waals surface area contributed by atoms with Gasteiger partial charge in [0.2, 0.25) is 5.95 Å². The summed E-state index contributed by atoms with van der Waals surface area (Å²) in [4.78, 5) is 11.9. The smallest absolute Gasteiger partial charge is 0.225 e. The molecule has 3 unspecified atom stereocenters. The van der Waals surface area contributed by atoms with E-state index in [9.17, 15) is 0 Å². The van der Waals surface area contributed by atoms with E-state index in [1.807, 2.05) is 0 Å². The van der Waals surface area contributed by atoms with E-state index >= 15 is 0 Å². The second kappa shape index (κ2) is 5.68. The van der Waals surface area contributed by atoms with E-state index < -0.39 is 0 Å². The Morgan fingerprint density at radius 3 is 2.85 bits per heavy atom. The van der Waals surface area contributed by atoms with Crippen LogP contribution < -0.4 is 10.6 Å². The lowest BCUT2D eigenvalue weighted by Gasteiger charge is -2.33. The van der Waals surface area contributed by atoms with Gasteiger partial charge in [0.1, 0.15) is 0 Å². The molecule has 0 saturated carbocycles. The maximum atomic E-state index is 5.83. The standard InChI is InChI=1S/C16H26N4/c1-11-5-6-12(2)15-14(11)9-18-16(19-15)20-7-3-4-13(8-17)10-20/h9,11-13H,3-8,10,17H2,1-2H3. The van der Waals surface area contributed by atoms with Crippen molar-refractivity contribution < 1.29 is 0 Å². The Labute approximate surface area is 121 Å². The van der Waals surface area contributed by atoms with Gasteiger partial charge in [-0.3, -0.25) is 0 Å². The Morgan fingerprint density at radius 2 is 2.05 bits per heavy atom. The summed E-state index contributed by atoms with van der Waals surface area (Å²) >= 11 is 0. The first-order valence-corrected chi connectivity index (χ1v) is 8.01. The van der Waals surface area contributed by atoms with Crippen LogP contribution >= 0.6 is 0 Å². The average molecular weight is 274 g/mol. The third-order valence-electron chi connectivity index (χ3n) is 5.00. The molecule has 4 nitrogen and oxygen atoms in total. The predicted molar refractivity (Wildman–Crippen MR) is 82.1 cm³/mol. The second-order valence-electron chi connectivity index (χ2n) is 6.58. The lowest BCUT2D eigenvalue weighted by molar-refractivity contribution is 0.418. The quantitative estimate of drug-likeness (QED) is 0.901. The molecule has 4 heteroatoms. The van der Waals surface area contributed by atoms with Crippen LogP contribution in [0.25, 0.3) is 0 Å². The highest BCUT2D eigenvalue weighted by Gasteiger charge is 2.26. The van der Waals surface area contributed by atoms with Crippen molar-refractivity contribution in [2.75, 3.05) is 24.5 Å². The molecule has 1 aliphatic carbocycles. The van der Waals surface area contributed by atoms with Gasteiger partial charge in [0.25, 0.3) is 0 Å². The van der Waals surface area contributed by atoms with Crippen molar-refractivity contribution in [2.45, 2.75) is 51.4 Å². The molecule has 0 aromatic carbocycles. The molecule has 2 aliphatic rings. The number of rotatable bonds is 2. The van der Waals surface area contributed by atoms with Gasteiger partial charge in [-0.05, 0) is 55.5 Å². The zero-order valence-corrected chi connectivity index (χ0v) is 12.7. The Bertz CT molecular complexity index is 474. The molecular formula is C16H26N4. The predicted octanol–water partition coefficient (Wildman–Crippen LogP) is 2.65. The summed E-state index contributed by atoms with van der Waals surface area (Å²) in [6.45, 7) is 7.44. The lowest BCUT2D eigenvalue weighted by atomic mass is 9.82. The topological polar surface area (TPSA) is 55.0 Å². The average Bonchev–Trinajstić information content (AvgIpc) is 2.51. The molecule has 0 radical (unpaired) electrons. The molecule has 0 spiro atoms. The van der Waals surface area contributed by atoms with Gasteiger partial charge in [-0.1, -0.05) is 13.8 Å². The Morgan fingerprint density at radius 1 is 1.25 bits per heavy atom. The van der Waals surface area contributed by atoms with E-state index in [0.29, 0.717) is 17.8 Å². The molecule has 2 N–H and O–H groups in total. The van der Waals surface area contributed by atoms with E-state index in [1.54, 1.807) is 0 Å². The SMILES string of the molecule is CC1CCC(C)c2nc(N3CCCC(CN)C3)ncc21. The number of anilines is 1. The van der Waals surface area contributed by atoms with Crippen LogP contribution in [0.3, 0.4) is 0 Å². The van der Waals surface area contributed by atoms with E-state index in [4.69, 9.17) is 10.7 Å². The van der Waals surface area contributed by atoms with Gasteiger partial charge in [0, 0.05) is 19.3 Å². The maximum Gasteiger partial charge on any atom is 0.225 e. The summed E-state index contributed by atoms with van der Waals surface area (Å²) < 4.78 is 0. The van der Waals surface area contributed by atoms with Crippen molar-refractivity contribution in [2.24, 2.45) is 11.7 Å². The molecular weight excluding hydrogens is 248 g/mol. The largest absolute Gasteiger partial charge is 0.340 e. The van der Waals surface area contributed by atoms with E-state index in [1.165, 1.54) is 36.9 Å². The number of nitrogens with zero attached hydrogens (tertiary/aromatic N) is 3. The molecule has 1 aromatic heterocycles. The van der Waals surface area contributed by atoms with Crippen molar-refractivity contribution in [1.82, 2.24) is 9.97 Å². The first-order chi connectivity index (χ1) is 9.69. The van der Waals surface area contributed by atoms with Crippen LogP contribution in [0, 0.1) is 5.92 Å². The summed E-state index contributed by atoms with van der Waals surface area (Å²) in [5.74, 6) is 2.69. The summed E-state index contributed by atoms with van der Waals surface area (Å²) in [5, 5.41) is 0. The van der Waals surface area contributed by atoms with E-state index in [-0.39, 0.29) is 0 Å². The van der Waals surface area contributed by atoms with E-state index in [0.717, 1.165) is 25.6 Å². The number of hydrogen-bond acceptors (Lipinski definition) is 4. The van der Waals surface area contributed by atoms with Crippen LogP contribution in [0.5, 0.6) is 0 Å². The Balaban J connectivity index is 1.86. The summed E-state index contributed by atoms with van der Waals surface area (Å²) in [5.41, 5.74) is 8.47. The number of piperidine rings is 1. The maximum absolute atomic E-state index is 5.83. The highest BCUT2D eigenvalue weighted by atomic mass is 15.3. The third-order valence-corrected chi connectivity index (χ3v) is 5.00. The van der Waals surface area contributed by atoms with Gasteiger partial charge in [-0.15, -0.1) is 0 Å². The molecule has 1 aromatic rings. The third kappa shape index (κ3) is 2.53. The fourth-order valence-corrected chi connectivity index (χ4v) is 3.55. The van der Waals surface area contributed by atoms with Crippen molar-refractivity contribution in [3.63, 3.8) is 0 Å². The molecule has 1 saturated heterocycles.